The smallest absolute Gasteiger partial charge is 0.327 e. The minimum Gasteiger partial charge on any atom is -0.480 e. The summed E-state index contributed by atoms with van der Waals surface area (Å²) in [7, 11) is 0. The van der Waals surface area contributed by atoms with Crippen molar-refractivity contribution in [1.82, 2.24) is 10.2 Å². The van der Waals surface area contributed by atoms with Crippen LogP contribution in [0.15, 0.2) is 30.3 Å². The Bertz CT molecular complexity index is 694. The third-order valence-corrected chi connectivity index (χ3v) is 5.99. The summed E-state index contributed by atoms with van der Waals surface area (Å²) in [6.07, 6.45) is 0. The number of carboxylic acid groups (broad SMARTS) is 1. The molecule has 2 saturated heterocycles. The van der Waals surface area contributed by atoms with Crippen LogP contribution in [0.25, 0.3) is 0 Å². The maximum absolute atomic E-state index is 12.3. The van der Waals surface area contributed by atoms with Crippen molar-refractivity contribution in [2.24, 2.45) is 5.73 Å². The number of carbonyl (C=O) groups is 3. The van der Waals surface area contributed by atoms with E-state index in [1.54, 1.807) is 38.1 Å². The fourth-order valence-electron chi connectivity index (χ4n) is 3.20. The van der Waals surface area contributed by atoms with Gasteiger partial charge in [0.15, 0.2) is 0 Å². The molecule has 0 spiro atoms. The zero-order valence-corrected chi connectivity index (χ0v) is 14.1. The minimum absolute atomic E-state index is 0.375. The molecule has 2 amide bonds. The Morgan fingerprint density at radius 1 is 1.33 bits per heavy atom. The van der Waals surface area contributed by atoms with Crippen molar-refractivity contribution in [2.45, 2.75) is 42.1 Å². The molecule has 2 heterocycles. The van der Waals surface area contributed by atoms with Crippen LogP contribution in [0.1, 0.15) is 25.5 Å². The SMILES string of the molecule is CC1(C)SC2[C@@H](NC(=O)[C@@H](N)c3ccccc3)C(=O)N2[C@@H]1C(=O)O. The highest BCUT2D eigenvalue weighted by atomic mass is 32.2. The second-order valence-electron chi connectivity index (χ2n) is 6.47. The second-order valence-corrected chi connectivity index (χ2v) is 8.24. The molecule has 128 valence electrons. The van der Waals surface area contributed by atoms with Gasteiger partial charge in [-0.05, 0) is 19.4 Å². The fraction of sp³-hybridized carbons (Fsp3) is 0.438. The molecular formula is C16H19N3O4S. The normalized spacial score (nSPS) is 28.7. The first-order chi connectivity index (χ1) is 11.2. The highest BCUT2D eigenvalue weighted by Crippen LogP contribution is 2.50. The molecule has 2 fully saturated rings. The molecule has 3 rings (SSSR count). The van der Waals surface area contributed by atoms with E-state index >= 15 is 0 Å². The number of rotatable bonds is 4. The molecule has 24 heavy (non-hydrogen) atoms. The van der Waals surface area contributed by atoms with Crippen LogP contribution < -0.4 is 11.1 Å². The highest BCUT2D eigenvalue weighted by molar-refractivity contribution is 8.01. The third-order valence-electron chi connectivity index (χ3n) is 4.41. The van der Waals surface area contributed by atoms with Crippen molar-refractivity contribution in [2.75, 3.05) is 0 Å². The van der Waals surface area contributed by atoms with Crippen molar-refractivity contribution >= 4 is 29.5 Å². The zero-order valence-electron chi connectivity index (χ0n) is 13.3. The van der Waals surface area contributed by atoms with E-state index in [9.17, 15) is 19.5 Å². The summed E-state index contributed by atoms with van der Waals surface area (Å²) in [6.45, 7) is 3.58. The Morgan fingerprint density at radius 2 is 1.96 bits per heavy atom. The van der Waals surface area contributed by atoms with Gasteiger partial charge in [-0.2, -0.15) is 0 Å². The number of hydrogen-bond acceptors (Lipinski definition) is 5. The number of benzene rings is 1. The summed E-state index contributed by atoms with van der Waals surface area (Å²) in [5, 5.41) is 11.7. The highest BCUT2D eigenvalue weighted by Gasteiger charge is 2.64. The van der Waals surface area contributed by atoms with Crippen molar-refractivity contribution in [3.8, 4) is 0 Å². The number of carboxylic acids is 1. The van der Waals surface area contributed by atoms with Crippen LogP contribution in [-0.4, -0.2) is 50.0 Å². The molecule has 2 aliphatic rings. The minimum atomic E-state index is -1.03. The largest absolute Gasteiger partial charge is 0.480 e. The van der Waals surface area contributed by atoms with E-state index < -0.39 is 34.7 Å². The lowest BCUT2D eigenvalue weighted by atomic mass is 9.95. The number of thioether (sulfide) groups is 1. The summed E-state index contributed by atoms with van der Waals surface area (Å²) in [6, 6.07) is 6.38. The van der Waals surface area contributed by atoms with Crippen molar-refractivity contribution < 1.29 is 19.5 Å². The topological polar surface area (TPSA) is 113 Å². The van der Waals surface area contributed by atoms with Crippen molar-refractivity contribution in [3.63, 3.8) is 0 Å². The van der Waals surface area contributed by atoms with Crippen molar-refractivity contribution in [3.05, 3.63) is 35.9 Å². The molecule has 0 aromatic heterocycles. The van der Waals surface area contributed by atoms with E-state index in [1.165, 1.54) is 16.7 Å². The van der Waals surface area contributed by atoms with Crippen LogP contribution in [0, 0.1) is 0 Å². The number of nitrogens with two attached hydrogens (primary N) is 1. The summed E-state index contributed by atoms with van der Waals surface area (Å²) in [5.74, 6) is -1.86. The van der Waals surface area contributed by atoms with Gasteiger partial charge in [-0.1, -0.05) is 30.3 Å². The molecule has 0 saturated carbocycles. The quantitative estimate of drug-likeness (QED) is 0.675. The van der Waals surface area contributed by atoms with E-state index in [0.717, 1.165) is 0 Å². The zero-order chi connectivity index (χ0) is 17.6. The van der Waals surface area contributed by atoms with Crippen LogP contribution in [0.4, 0.5) is 0 Å². The summed E-state index contributed by atoms with van der Waals surface area (Å²) in [4.78, 5) is 37.5. The Hall–Kier alpha value is -2.06. The Morgan fingerprint density at radius 3 is 2.54 bits per heavy atom. The molecule has 0 bridgehead atoms. The molecule has 7 nitrogen and oxygen atoms in total. The Kier molecular flexibility index (Phi) is 4.05. The van der Waals surface area contributed by atoms with E-state index in [1.807, 2.05) is 6.07 Å². The summed E-state index contributed by atoms with van der Waals surface area (Å²) in [5.41, 5.74) is 6.59. The number of hydrogen-bond donors (Lipinski definition) is 3. The number of fused-ring (bicyclic) bond motifs is 1. The maximum atomic E-state index is 12.3. The Balaban J connectivity index is 1.71. The Labute approximate surface area is 143 Å². The maximum Gasteiger partial charge on any atom is 0.327 e. The third kappa shape index (κ3) is 2.55. The first-order valence-electron chi connectivity index (χ1n) is 7.58. The van der Waals surface area contributed by atoms with E-state index in [0.29, 0.717) is 5.56 Å². The predicted molar refractivity (Wildman–Crippen MR) is 89.0 cm³/mol. The molecule has 4 N–H and O–H groups in total. The van der Waals surface area contributed by atoms with E-state index in [2.05, 4.69) is 5.32 Å². The molecule has 1 aromatic rings. The molecule has 1 aromatic carbocycles. The number of amides is 2. The van der Waals surface area contributed by atoms with Crippen LogP contribution in [0.2, 0.25) is 0 Å². The molecule has 4 atom stereocenters. The van der Waals surface area contributed by atoms with Crippen molar-refractivity contribution in [1.29, 1.82) is 0 Å². The molecular weight excluding hydrogens is 330 g/mol. The van der Waals surface area contributed by atoms with Crippen LogP contribution in [0.5, 0.6) is 0 Å². The van der Waals surface area contributed by atoms with E-state index in [4.69, 9.17) is 5.73 Å². The van der Waals surface area contributed by atoms with Crippen LogP contribution in [0.3, 0.4) is 0 Å². The van der Waals surface area contributed by atoms with Gasteiger partial charge in [0.25, 0.3) is 0 Å². The summed E-state index contributed by atoms with van der Waals surface area (Å²) >= 11 is 1.38. The van der Waals surface area contributed by atoms with Gasteiger partial charge in [0.2, 0.25) is 11.8 Å². The predicted octanol–water partition coefficient (Wildman–Crippen LogP) is 0.318. The molecule has 0 radical (unpaired) electrons. The second kappa shape index (κ2) is 5.78. The van der Waals surface area contributed by atoms with Gasteiger partial charge in [-0.15, -0.1) is 11.8 Å². The molecule has 0 aliphatic carbocycles. The molecule has 2 aliphatic heterocycles. The fourth-order valence-corrected chi connectivity index (χ4v) is 4.83. The molecule has 1 unspecified atom stereocenters. The van der Waals surface area contributed by atoms with Crippen LogP contribution in [-0.2, 0) is 14.4 Å². The summed E-state index contributed by atoms with van der Waals surface area (Å²) < 4.78 is -0.618. The van der Waals surface area contributed by atoms with Crippen LogP contribution >= 0.6 is 11.8 Å². The molecule has 8 heteroatoms. The average Bonchev–Trinajstić information content (AvgIpc) is 2.80. The monoisotopic (exact) mass is 349 g/mol. The number of nitrogens with zero attached hydrogens (tertiary/aromatic N) is 1. The first kappa shape index (κ1) is 16.8. The first-order valence-corrected chi connectivity index (χ1v) is 8.45. The van der Waals surface area contributed by atoms with Gasteiger partial charge >= 0.3 is 5.97 Å². The average molecular weight is 349 g/mol. The number of nitrogens with one attached hydrogen (secondary N) is 1. The number of carbonyl (C=O) groups excluding carboxylic acids is 2. The lowest BCUT2D eigenvalue weighted by Gasteiger charge is -2.43. The number of β-lactam (4-membered cyclic amide) rings is 1. The van der Waals surface area contributed by atoms with Gasteiger partial charge < -0.3 is 21.1 Å². The lowest BCUT2D eigenvalue weighted by molar-refractivity contribution is -0.161. The van der Waals surface area contributed by atoms with Gasteiger partial charge in [0, 0.05) is 4.75 Å². The lowest BCUT2D eigenvalue weighted by Crippen LogP contribution is -2.71. The number of aliphatic carboxylic acids is 1. The van der Waals surface area contributed by atoms with E-state index in [-0.39, 0.29) is 11.3 Å². The van der Waals surface area contributed by atoms with Gasteiger partial charge in [0.05, 0.1) is 0 Å². The van der Waals surface area contributed by atoms with Gasteiger partial charge in [0.1, 0.15) is 23.5 Å². The van der Waals surface area contributed by atoms with Gasteiger partial charge in [-0.25, -0.2) is 4.79 Å². The van der Waals surface area contributed by atoms with Gasteiger partial charge in [-0.3, -0.25) is 9.59 Å². The standard InChI is InChI=1S/C16H19N3O4S/c1-16(2)11(15(22)23)19-13(21)10(14(19)24-16)18-12(20)9(17)8-6-4-3-5-7-8/h3-7,9-11,14H,17H2,1-2H3,(H,18,20)(H,22,23)/t9-,10-,11+,14?/m0/s1.